The molecule has 1 fully saturated rings. The predicted octanol–water partition coefficient (Wildman–Crippen LogP) is 1.79. The van der Waals surface area contributed by atoms with Crippen LogP contribution in [0.2, 0.25) is 0 Å². The minimum absolute atomic E-state index is 0.00102. The van der Waals surface area contributed by atoms with E-state index in [1.807, 2.05) is 6.92 Å². The van der Waals surface area contributed by atoms with Crippen molar-refractivity contribution in [1.82, 2.24) is 0 Å². The van der Waals surface area contributed by atoms with Crippen LogP contribution in [0, 0.1) is 0 Å². The zero-order valence-electron chi connectivity index (χ0n) is 11.6. The Morgan fingerprint density at radius 1 is 1.35 bits per heavy atom. The number of Topliss-reactive ketones (excluding diaryl/α,β-unsaturated/α-hetero) is 1. The van der Waals surface area contributed by atoms with Gasteiger partial charge in [-0.1, -0.05) is 0 Å². The summed E-state index contributed by atoms with van der Waals surface area (Å²) in [6.45, 7) is 2.45. The summed E-state index contributed by atoms with van der Waals surface area (Å²) >= 11 is 0. The maximum absolute atomic E-state index is 12.1. The molecule has 2 aliphatic rings. The van der Waals surface area contributed by atoms with E-state index in [1.165, 1.54) is 4.90 Å². The number of anilines is 1. The van der Waals surface area contributed by atoms with Crippen molar-refractivity contribution in [2.24, 2.45) is 0 Å². The van der Waals surface area contributed by atoms with E-state index < -0.39 is 11.7 Å². The van der Waals surface area contributed by atoms with Crippen LogP contribution in [0.15, 0.2) is 18.2 Å². The molecule has 0 aliphatic carbocycles. The van der Waals surface area contributed by atoms with Crippen LogP contribution in [0.5, 0.6) is 5.75 Å². The number of carbonyl (C=O) groups excluding carboxylic acids is 2. The molecule has 1 aromatic carbocycles. The van der Waals surface area contributed by atoms with Gasteiger partial charge in [0.15, 0.2) is 0 Å². The predicted molar refractivity (Wildman–Crippen MR) is 73.2 cm³/mol. The third-order valence-electron chi connectivity index (χ3n) is 3.89. The summed E-state index contributed by atoms with van der Waals surface area (Å²) in [5.41, 5.74) is 1.07. The number of amides is 1. The molecule has 2 aliphatic heterocycles. The SMILES string of the molecule is COc1ccc2c(c1)N(CC1CCC(C)O1)C(=O)C2=O. The molecule has 0 bridgehead atoms. The lowest BCUT2D eigenvalue weighted by atomic mass is 10.1. The van der Waals surface area contributed by atoms with Gasteiger partial charge in [0.05, 0.1) is 37.1 Å². The Kier molecular flexibility index (Phi) is 3.22. The Hall–Kier alpha value is -1.88. The number of fused-ring (bicyclic) bond motifs is 1. The van der Waals surface area contributed by atoms with Crippen LogP contribution >= 0.6 is 0 Å². The van der Waals surface area contributed by atoms with Crippen LogP contribution in [-0.2, 0) is 9.53 Å². The van der Waals surface area contributed by atoms with Gasteiger partial charge in [-0.2, -0.15) is 0 Å². The Balaban J connectivity index is 1.88. The second-order valence-electron chi connectivity index (χ2n) is 5.27. The van der Waals surface area contributed by atoms with E-state index in [9.17, 15) is 9.59 Å². The second-order valence-corrected chi connectivity index (χ2v) is 5.27. The summed E-state index contributed by atoms with van der Waals surface area (Å²) in [5, 5.41) is 0. The van der Waals surface area contributed by atoms with Gasteiger partial charge in [0.25, 0.3) is 11.7 Å². The van der Waals surface area contributed by atoms with Gasteiger partial charge in [-0.15, -0.1) is 0 Å². The van der Waals surface area contributed by atoms with Crippen molar-refractivity contribution in [2.75, 3.05) is 18.6 Å². The van der Waals surface area contributed by atoms with Gasteiger partial charge < -0.3 is 14.4 Å². The Morgan fingerprint density at radius 3 is 2.80 bits per heavy atom. The molecule has 2 atom stereocenters. The fraction of sp³-hybridized carbons (Fsp3) is 0.467. The number of rotatable bonds is 3. The van der Waals surface area contributed by atoms with Crippen LogP contribution in [0.1, 0.15) is 30.1 Å². The molecule has 5 heteroatoms. The van der Waals surface area contributed by atoms with Gasteiger partial charge >= 0.3 is 0 Å². The Morgan fingerprint density at radius 2 is 2.15 bits per heavy atom. The van der Waals surface area contributed by atoms with Gasteiger partial charge in [0, 0.05) is 6.07 Å². The fourth-order valence-corrected chi connectivity index (χ4v) is 2.81. The maximum Gasteiger partial charge on any atom is 0.299 e. The molecule has 1 saturated heterocycles. The van der Waals surface area contributed by atoms with Crippen molar-refractivity contribution in [2.45, 2.75) is 32.0 Å². The molecular weight excluding hydrogens is 258 g/mol. The van der Waals surface area contributed by atoms with Crippen molar-refractivity contribution >= 4 is 17.4 Å². The van der Waals surface area contributed by atoms with Gasteiger partial charge in [-0.05, 0) is 31.9 Å². The quantitative estimate of drug-likeness (QED) is 0.789. The average molecular weight is 275 g/mol. The zero-order valence-corrected chi connectivity index (χ0v) is 11.6. The fourth-order valence-electron chi connectivity index (χ4n) is 2.81. The smallest absolute Gasteiger partial charge is 0.299 e. The van der Waals surface area contributed by atoms with E-state index in [2.05, 4.69) is 0 Å². The molecular formula is C15H17NO4. The first kappa shape index (κ1) is 13.1. The lowest BCUT2D eigenvalue weighted by Gasteiger charge is -2.21. The number of ether oxygens (including phenoxy) is 2. The monoisotopic (exact) mass is 275 g/mol. The average Bonchev–Trinajstić information content (AvgIpc) is 2.96. The lowest BCUT2D eigenvalue weighted by molar-refractivity contribution is -0.114. The molecule has 0 radical (unpaired) electrons. The summed E-state index contributed by atoms with van der Waals surface area (Å²) in [6, 6.07) is 5.07. The van der Waals surface area contributed by atoms with Crippen LogP contribution in [-0.4, -0.2) is 37.6 Å². The molecule has 20 heavy (non-hydrogen) atoms. The molecule has 2 unspecified atom stereocenters. The van der Waals surface area contributed by atoms with Crippen LogP contribution < -0.4 is 9.64 Å². The van der Waals surface area contributed by atoms with E-state index in [1.54, 1.807) is 25.3 Å². The number of hydrogen-bond donors (Lipinski definition) is 0. The summed E-state index contributed by atoms with van der Waals surface area (Å²) < 4.78 is 10.9. The standard InChI is InChI=1S/C15H17NO4/c1-9-3-4-11(20-9)8-16-13-7-10(19-2)5-6-12(13)14(17)15(16)18/h5-7,9,11H,3-4,8H2,1-2H3. The number of benzene rings is 1. The minimum Gasteiger partial charge on any atom is -0.497 e. The van der Waals surface area contributed by atoms with Crippen LogP contribution in [0.4, 0.5) is 5.69 Å². The third-order valence-corrected chi connectivity index (χ3v) is 3.89. The van der Waals surface area contributed by atoms with E-state index in [0.717, 1.165) is 12.8 Å². The number of carbonyl (C=O) groups is 2. The van der Waals surface area contributed by atoms with Gasteiger partial charge in [-0.3, -0.25) is 9.59 Å². The molecule has 0 spiro atoms. The highest BCUT2D eigenvalue weighted by molar-refractivity contribution is 6.52. The molecule has 0 N–H and O–H groups in total. The summed E-state index contributed by atoms with van der Waals surface area (Å²) in [4.78, 5) is 25.6. The molecule has 2 heterocycles. The zero-order chi connectivity index (χ0) is 14.3. The number of nitrogens with zero attached hydrogens (tertiary/aromatic N) is 1. The molecule has 0 saturated carbocycles. The number of hydrogen-bond acceptors (Lipinski definition) is 4. The van der Waals surface area contributed by atoms with Crippen LogP contribution in [0.25, 0.3) is 0 Å². The first-order valence-corrected chi connectivity index (χ1v) is 6.80. The normalized spacial score (nSPS) is 25.2. The third kappa shape index (κ3) is 2.08. The van der Waals surface area contributed by atoms with Crippen molar-refractivity contribution in [3.63, 3.8) is 0 Å². The van der Waals surface area contributed by atoms with Gasteiger partial charge in [0.1, 0.15) is 5.75 Å². The molecule has 106 valence electrons. The molecule has 1 aromatic rings. The highest BCUT2D eigenvalue weighted by atomic mass is 16.5. The largest absolute Gasteiger partial charge is 0.497 e. The Bertz CT molecular complexity index is 569. The van der Waals surface area contributed by atoms with Crippen molar-refractivity contribution in [1.29, 1.82) is 0 Å². The number of ketones is 1. The van der Waals surface area contributed by atoms with E-state index >= 15 is 0 Å². The summed E-state index contributed by atoms with van der Waals surface area (Å²) in [6.07, 6.45) is 2.13. The van der Waals surface area contributed by atoms with Crippen molar-refractivity contribution in [3.05, 3.63) is 23.8 Å². The van der Waals surface area contributed by atoms with Gasteiger partial charge in [0.2, 0.25) is 0 Å². The summed E-state index contributed by atoms with van der Waals surface area (Å²) in [7, 11) is 1.56. The van der Waals surface area contributed by atoms with Crippen molar-refractivity contribution < 1.29 is 19.1 Å². The summed E-state index contributed by atoms with van der Waals surface area (Å²) in [5.74, 6) is -0.290. The van der Waals surface area contributed by atoms with E-state index in [0.29, 0.717) is 23.5 Å². The van der Waals surface area contributed by atoms with E-state index in [-0.39, 0.29) is 12.2 Å². The highest BCUT2D eigenvalue weighted by Crippen LogP contribution is 2.33. The minimum atomic E-state index is -0.476. The van der Waals surface area contributed by atoms with Crippen molar-refractivity contribution in [3.8, 4) is 5.75 Å². The first-order valence-electron chi connectivity index (χ1n) is 6.80. The molecule has 5 nitrogen and oxygen atoms in total. The second kappa shape index (κ2) is 4.90. The molecule has 0 aromatic heterocycles. The highest BCUT2D eigenvalue weighted by Gasteiger charge is 2.38. The first-order chi connectivity index (χ1) is 9.60. The van der Waals surface area contributed by atoms with E-state index in [4.69, 9.17) is 9.47 Å². The molecule has 1 amide bonds. The number of methoxy groups -OCH3 is 1. The van der Waals surface area contributed by atoms with Crippen LogP contribution in [0.3, 0.4) is 0 Å². The topological polar surface area (TPSA) is 55.8 Å². The molecule has 3 rings (SSSR count). The van der Waals surface area contributed by atoms with Gasteiger partial charge in [-0.25, -0.2) is 0 Å². The Labute approximate surface area is 117 Å². The maximum atomic E-state index is 12.1. The lowest BCUT2D eigenvalue weighted by Crippen LogP contribution is -2.36.